The van der Waals surface area contributed by atoms with Crippen molar-refractivity contribution in [3.8, 4) is 0 Å². The molecule has 0 aliphatic carbocycles. The highest BCUT2D eigenvalue weighted by molar-refractivity contribution is 7.89. The highest BCUT2D eigenvalue weighted by Gasteiger charge is 2.42. The molecule has 3 rings (SSSR count). The number of carbonyl (C=O) groups is 2. The van der Waals surface area contributed by atoms with Gasteiger partial charge < -0.3 is 9.84 Å². The fraction of sp³-hybridized carbons (Fsp3) is 0.111. The molecule has 134 valence electrons. The minimum absolute atomic E-state index is 0.0638. The third-order valence-corrected chi connectivity index (χ3v) is 5.74. The van der Waals surface area contributed by atoms with E-state index in [4.69, 9.17) is 0 Å². The number of methoxy groups -OCH3 is 1. The Bertz CT molecular complexity index is 1010. The van der Waals surface area contributed by atoms with Gasteiger partial charge in [0.2, 0.25) is 5.78 Å². The summed E-state index contributed by atoms with van der Waals surface area (Å²) in [7, 11) is -3.12. The zero-order chi connectivity index (χ0) is 18.9. The molecular weight excluding hydrogens is 358 g/mol. The van der Waals surface area contributed by atoms with Gasteiger partial charge in [-0.05, 0) is 12.1 Å². The third-order valence-electron chi connectivity index (χ3n) is 3.94. The second-order valence-electron chi connectivity index (χ2n) is 5.48. The molecule has 0 unspecified atom stereocenters. The van der Waals surface area contributed by atoms with Crippen LogP contribution in [0.1, 0.15) is 15.9 Å². The molecular formula is C18H15NO6S. The Hall–Kier alpha value is -3.13. The fourth-order valence-corrected chi connectivity index (χ4v) is 4.27. The zero-order valence-electron chi connectivity index (χ0n) is 13.7. The van der Waals surface area contributed by atoms with Gasteiger partial charge >= 0.3 is 5.97 Å². The smallest absolute Gasteiger partial charge is 0.326 e. The SMILES string of the molecule is COC(=O)CN1C(=C(O)c2ccccc2)C(=O)c2ccccc2S1(=O)=O. The molecule has 1 N–H and O–H groups in total. The molecule has 0 amide bonds. The van der Waals surface area contributed by atoms with Crippen molar-refractivity contribution in [2.75, 3.05) is 13.7 Å². The zero-order valence-corrected chi connectivity index (χ0v) is 14.6. The van der Waals surface area contributed by atoms with Crippen LogP contribution in [0.5, 0.6) is 0 Å². The maximum absolute atomic E-state index is 13.0. The molecule has 1 heterocycles. The van der Waals surface area contributed by atoms with E-state index in [1.54, 1.807) is 18.2 Å². The number of allylic oxidation sites excluding steroid dienone is 1. The number of ether oxygens (including phenoxy) is 1. The first-order valence-corrected chi connectivity index (χ1v) is 9.04. The summed E-state index contributed by atoms with van der Waals surface area (Å²) < 4.78 is 31.1. The number of carbonyl (C=O) groups excluding carboxylic acids is 2. The van der Waals surface area contributed by atoms with Gasteiger partial charge in [0.25, 0.3) is 10.0 Å². The molecule has 0 radical (unpaired) electrons. The molecule has 1 aliphatic rings. The Morgan fingerprint density at radius 1 is 1.08 bits per heavy atom. The van der Waals surface area contributed by atoms with E-state index in [1.807, 2.05) is 0 Å². The molecule has 2 aromatic carbocycles. The Labute approximate surface area is 150 Å². The number of rotatable bonds is 3. The van der Waals surface area contributed by atoms with Crippen molar-refractivity contribution in [1.82, 2.24) is 4.31 Å². The Morgan fingerprint density at radius 3 is 2.35 bits per heavy atom. The first kappa shape index (κ1) is 17.7. The standard InChI is InChI=1S/C18H15NO6S/c1-25-15(20)11-19-16(17(21)12-7-3-2-4-8-12)18(22)13-9-5-6-10-14(13)26(19,23)24/h2-10,21H,11H2,1H3. The van der Waals surface area contributed by atoms with Crippen LogP contribution in [0.4, 0.5) is 0 Å². The number of Topliss-reactive ketones (excluding diaryl/α,β-unsaturated/α-hetero) is 1. The van der Waals surface area contributed by atoms with Crippen molar-refractivity contribution < 1.29 is 27.9 Å². The number of benzene rings is 2. The van der Waals surface area contributed by atoms with Crippen LogP contribution in [-0.2, 0) is 19.6 Å². The number of hydrogen-bond acceptors (Lipinski definition) is 6. The summed E-state index contributed by atoms with van der Waals surface area (Å²) in [6.07, 6.45) is 0. The summed E-state index contributed by atoms with van der Waals surface area (Å²) in [4.78, 5) is 24.4. The van der Waals surface area contributed by atoms with Crippen LogP contribution in [-0.4, -0.2) is 43.2 Å². The maximum atomic E-state index is 13.0. The lowest BCUT2D eigenvalue weighted by Crippen LogP contribution is -2.42. The van der Waals surface area contributed by atoms with E-state index in [9.17, 15) is 23.1 Å². The van der Waals surface area contributed by atoms with Crippen LogP contribution in [0.3, 0.4) is 0 Å². The maximum Gasteiger partial charge on any atom is 0.326 e. The highest BCUT2D eigenvalue weighted by atomic mass is 32.2. The normalized spacial score (nSPS) is 17.4. The molecule has 0 saturated heterocycles. The van der Waals surface area contributed by atoms with E-state index in [0.29, 0.717) is 4.31 Å². The average Bonchev–Trinajstić information content (AvgIpc) is 2.66. The largest absolute Gasteiger partial charge is 0.505 e. The molecule has 1 aliphatic heterocycles. The van der Waals surface area contributed by atoms with E-state index >= 15 is 0 Å². The molecule has 0 fully saturated rings. The second-order valence-corrected chi connectivity index (χ2v) is 7.31. The quantitative estimate of drug-likeness (QED) is 0.501. The van der Waals surface area contributed by atoms with Crippen molar-refractivity contribution in [1.29, 1.82) is 0 Å². The summed E-state index contributed by atoms with van der Waals surface area (Å²) in [5, 5.41) is 10.6. The Kier molecular flexibility index (Phi) is 4.52. The van der Waals surface area contributed by atoms with Gasteiger partial charge in [-0.3, -0.25) is 9.59 Å². The fourth-order valence-electron chi connectivity index (χ4n) is 2.66. The van der Waals surface area contributed by atoms with Crippen LogP contribution in [0, 0.1) is 0 Å². The van der Waals surface area contributed by atoms with Crippen LogP contribution in [0.2, 0.25) is 0 Å². The van der Waals surface area contributed by atoms with Gasteiger partial charge in [0, 0.05) is 11.1 Å². The van der Waals surface area contributed by atoms with Gasteiger partial charge in [0.05, 0.1) is 12.0 Å². The number of aliphatic hydroxyl groups excluding tert-OH is 1. The van der Waals surface area contributed by atoms with Crippen molar-refractivity contribution in [3.05, 3.63) is 71.4 Å². The summed E-state index contributed by atoms with van der Waals surface area (Å²) in [5.41, 5.74) is -0.299. The lowest BCUT2D eigenvalue weighted by molar-refractivity contribution is -0.140. The van der Waals surface area contributed by atoms with Gasteiger partial charge in [0.15, 0.2) is 5.76 Å². The molecule has 0 saturated carbocycles. The molecule has 0 aromatic heterocycles. The number of ketones is 1. The molecule has 2 aromatic rings. The molecule has 0 bridgehead atoms. The van der Waals surface area contributed by atoms with Crippen molar-refractivity contribution in [3.63, 3.8) is 0 Å². The van der Waals surface area contributed by atoms with Crippen LogP contribution in [0.25, 0.3) is 5.76 Å². The summed E-state index contributed by atoms with van der Waals surface area (Å²) in [6, 6.07) is 13.7. The van der Waals surface area contributed by atoms with E-state index in [0.717, 1.165) is 7.11 Å². The topological polar surface area (TPSA) is 101 Å². The monoisotopic (exact) mass is 373 g/mol. The van der Waals surface area contributed by atoms with Gasteiger partial charge in [-0.1, -0.05) is 42.5 Å². The first-order valence-electron chi connectivity index (χ1n) is 7.60. The lowest BCUT2D eigenvalue weighted by atomic mass is 10.0. The predicted molar refractivity (Wildman–Crippen MR) is 92.7 cm³/mol. The number of esters is 1. The predicted octanol–water partition coefficient (Wildman–Crippen LogP) is 1.97. The van der Waals surface area contributed by atoms with E-state index in [1.165, 1.54) is 36.4 Å². The molecule has 26 heavy (non-hydrogen) atoms. The molecule has 0 spiro atoms. The minimum Gasteiger partial charge on any atom is -0.505 e. The lowest BCUT2D eigenvalue weighted by Gasteiger charge is -2.30. The summed E-state index contributed by atoms with van der Waals surface area (Å²) in [5.74, 6) is -2.09. The van der Waals surface area contributed by atoms with E-state index in [2.05, 4.69) is 4.74 Å². The summed E-state index contributed by atoms with van der Waals surface area (Å²) >= 11 is 0. The average molecular weight is 373 g/mol. The van der Waals surface area contributed by atoms with Gasteiger partial charge in [-0.2, -0.15) is 0 Å². The minimum atomic E-state index is -4.23. The van der Waals surface area contributed by atoms with Crippen LogP contribution >= 0.6 is 0 Å². The number of sulfonamides is 1. The number of aliphatic hydroxyl groups is 1. The van der Waals surface area contributed by atoms with E-state index < -0.39 is 39.8 Å². The van der Waals surface area contributed by atoms with Crippen molar-refractivity contribution >= 4 is 27.5 Å². The second kappa shape index (κ2) is 6.64. The van der Waals surface area contributed by atoms with Gasteiger partial charge in [-0.15, -0.1) is 0 Å². The van der Waals surface area contributed by atoms with Crippen molar-refractivity contribution in [2.24, 2.45) is 0 Å². The molecule has 8 heteroatoms. The molecule has 7 nitrogen and oxygen atoms in total. The number of nitrogens with zero attached hydrogens (tertiary/aromatic N) is 1. The van der Waals surface area contributed by atoms with Gasteiger partial charge in [-0.25, -0.2) is 12.7 Å². The van der Waals surface area contributed by atoms with Crippen LogP contribution < -0.4 is 0 Å². The Morgan fingerprint density at radius 2 is 1.69 bits per heavy atom. The Balaban J connectivity index is 2.30. The van der Waals surface area contributed by atoms with Crippen LogP contribution in [0.15, 0.2) is 65.2 Å². The number of hydrogen-bond donors (Lipinski definition) is 1. The third kappa shape index (κ3) is 2.84. The van der Waals surface area contributed by atoms with Crippen molar-refractivity contribution in [2.45, 2.75) is 4.90 Å². The number of fused-ring (bicyclic) bond motifs is 1. The van der Waals surface area contributed by atoms with E-state index in [-0.39, 0.29) is 16.0 Å². The highest BCUT2D eigenvalue weighted by Crippen LogP contribution is 2.35. The van der Waals surface area contributed by atoms with Gasteiger partial charge in [0.1, 0.15) is 12.2 Å². The first-order chi connectivity index (χ1) is 12.4. The molecule has 0 atom stereocenters. The summed E-state index contributed by atoms with van der Waals surface area (Å²) in [6.45, 7) is -0.731.